The molecule has 0 aromatic heterocycles. The average Bonchev–Trinajstić information content (AvgIpc) is 2.84. The fourth-order valence-electron chi connectivity index (χ4n) is 5.23. The van der Waals surface area contributed by atoms with Crippen LogP contribution >= 0.6 is 0 Å². The molecule has 0 bridgehead atoms. The van der Waals surface area contributed by atoms with Crippen molar-refractivity contribution in [2.45, 2.75) is 31.7 Å². The molecule has 192 valence electrons. The van der Waals surface area contributed by atoms with Crippen molar-refractivity contribution in [2.24, 2.45) is 0 Å². The molecule has 0 spiro atoms. The third-order valence-electron chi connectivity index (χ3n) is 7.01. The van der Waals surface area contributed by atoms with E-state index in [1.165, 1.54) is 5.69 Å². The molecule has 1 saturated heterocycles. The number of benzene rings is 3. The molecule has 3 aromatic rings. The van der Waals surface area contributed by atoms with Crippen LogP contribution in [0, 0.1) is 20.8 Å². The van der Waals surface area contributed by atoms with Crippen molar-refractivity contribution in [3.63, 3.8) is 0 Å². The number of para-hydroxylation sites is 1. The zero-order valence-electron chi connectivity index (χ0n) is 22.0. The third-order valence-corrected chi connectivity index (χ3v) is 8.74. The Morgan fingerprint density at radius 3 is 2.00 bits per heavy atom. The highest BCUT2D eigenvalue weighted by atomic mass is 32.2. The molecular weight excluding hydrogens is 468 g/mol. The Labute approximate surface area is 216 Å². The van der Waals surface area contributed by atoms with Gasteiger partial charge in [-0.05, 0) is 61.7 Å². The smallest absolute Gasteiger partial charge is 0.241 e. The Morgan fingerprint density at radius 1 is 0.861 bits per heavy atom. The number of sulfonamides is 1. The number of nitrogens with one attached hydrogen (secondary N) is 1. The van der Waals surface area contributed by atoms with Gasteiger partial charge in [0.25, 0.3) is 0 Å². The minimum Gasteiger partial charge on any atom is -0.378 e. The van der Waals surface area contributed by atoms with Gasteiger partial charge in [0.1, 0.15) is 0 Å². The standard InChI is InChI=1S/C29H38N4O2S/c1-22-19-23(2)29(24(3)20-22)36(34,35)30-21-28(25-11-13-26(14-12-25)31(4)5)33-17-15-32(16-18-33)27-9-7-6-8-10-27/h6-14,19-20,28,30H,15-18,21H2,1-5H3. The largest absolute Gasteiger partial charge is 0.378 e. The molecule has 1 heterocycles. The lowest BCUT2D eigenvalue weighted by molar-refractivity contribution is 0.187. The summed E-state index contributed by atoms with van der Waals surface area (Å²) in [6.45, 7) is 9.58. The van der Waals surface area contributed by atoms with Gasteiger partial charge in [-0.3, -0.25) is 4.90 Å². The van der Waals surface area contributed by atoms with Gasteiger partial charge in [0.05, 0.1) is 4.90 Å². The molecule has 3 aromatic carbocycles. The molecule has 0 saturated carbocycles. The predicted octanol–water partition coefficient (Wildman–Crippen LogP) is 4.52. The van der Waals surface area contributed by atoms with Gasteiger partial charge in [-0.2, -0.15) is 0 Å². The van der Waals surface area contributed by atoms with Crippen molar-refractivity contribution < 1.29 is 8.42 Å². The zero-order chi connectivity index (χ0) is 25.9. The van der Waals surface area contributed by atoms with Crippen LogP contribution in [0.3, 0.4) is 0 Å². The first-order chi connectivity index (χ1) is 17.2. The first-order valence-electron chi connectivity index (χ1n) is 12.5. The Morgan fingerprint density at radius 2 is 1.44 bits per heavy atom. The second kappa shape index (κ2) is 11.0. The molecule has 1 fully saturated rings. The highest BCUT2D eigenvalue weighted by molar-refractivity contribution is 7.89. The van der Waals surface area contributed by atoms with Crippen molar-refractivity contribution >= 4 is 21.4 Å². The van der Waals surface area contributed by atoms with Crippen molar-refractivity contribution in [3.8, 4) is 0 Å². The monoisotopic (exact) mass is 506 g/mol. The van der Waals surface area contributed by atoms with Crippen molar-refractivity contribution in [2.75, 3.05) is 56.6 Å². The number of piperazine rings is 1. The SMILES string of the molecule is Cc1cc(C)c(S(=O)(=O)NCC(c2ccc(N(C)C)cc2)N2CCN(c3ccccc3)CC2)c(C)c1. The Balaban J connectivity index is 1.56. The fourth-order valence-corrected chi connectivity index (χ4v) is 6.72. The molecular formula is C29H38N4O2S. The molecule has 1 N–H and O–H groups in total. The first kappa shape index (κ1) is 26.2. The molecule has 1 aliphatic rings. The molecule has 6 nitrogen and oxygen atoms in total. The number of aryl methyl sites for hydroxylation is 3. The molecule has 0 aliphatic carbocycles. The molecule has 0 radical (unpaired) electrons. The highest BCUT2D eigenvalue weighted by Crippen LogP contribution is 2.27. The summed E-state index contributed by atoms with van der Waals surface area (Å²) in [7, 11) is 0.396. The van der Waals surface area contributed by atoms with Crippen LogP contribution in [0.2, 0.25) is 0 Å². The second-order valence-electron chi connectivity index (χ2n) is 9.94. The van der Waals surface area contributed by atoms with Crippen LogP contribution in [-0.2, 0) is 10.0 Å². The van der Waals surface area contributed by atoms with Gasteiger partial charge in [0.15, 0.2) is 0 Å². The van der Waals surface area contributed by atoms with E-state index in [1.54, 1.807) is 0 Å². The number of anilines is 2. The molecule has 1 atom stereocenters. The van der Waals surface area contributed by atoms with Crippen molar-refractivity contribution in [3.05, 3.63) is 89.0 Å². The highest BCUT2D eigenvalue weighted by Gasteiger charge is 2.28. The van der Waals surface area contributed by atoms with Crippen molar-refractivity contribution in [1.82, 2.24) is 9.62 Å². The summed E-state index contributed by atoms with van der Waals surface area (Å²) in [5.74, 6) is 0. The normalized spacial score (nSPS) is 15.6. The molecule has 1 unspecified atom stereocenters. The van der Waals surface area contributed by atoms with Gasteiger partial charge < -0.3 is 9.80 Å². The molecule has 7 heteroatoms. The lowest BCUT2D eigenvalue weighted by atomic mass is 10.0. The van der Waals surface area contributed by atoms with Crippen LogP contribution in [0.25, 0.3) is 0 Å². The number of hydrogen-bond acceptors (Lipinski definition) is 5. The van der Waals surface area contributed by atoms with Crippen LogP contribution in [0.4, 0.5) is 11.4 Å². The van der Waals surface area contributed by atoms with Gasteiger partial charge in [-0.15, -0.1) is 0 Å². The maximum absolute atomic E-state index is 13.4. The van der Waals surface area contributed by atoms with Gasteiger partial charge in [-0.1, -0.05) is 48.0 Å². The quantitative estimate of drug-likeness (QED) is 0.487. The minimum atomic E-state index is -3.65. The van der Waals surface area contributed by atoms with E-state index in [2.05, 4.69) is 68.0 Å². The van der Waals surface area contributed by atoms with E-state index >= 15 is 0 Å². The van der Waals surface area contributed by atoms with E-state index < -0.39 is 10.0 Å². The number of nitrogens with zero attached hydrogens (tertiary/aromatic N) is 3. The Bertz CT molecular complexity index is 1240. The molecule has 4 rings (SSSR count). The third kappa shape index (κ3) is 5.91. The van der Waals surface area contributed by atoms with Crippen LogP contribution in [0.5, 0.6) is 0 Å². The maximum Gasteiger partial charge on any atom is 0.241 e. The van der Waals surface area contributed by atoms with Crippen LogP contribution in [0.15, 0.2) is 71.6 Å². The lowest BCUT2D eigenvalue weighted by Crippen LogP contribution is -2.50. The second-order valence-corrected chi connectivity index (χ2v) is 11.6. The van der Waals surface area contributed by atoms with Gasteiger partial charge >= 0.3 is 0 Å². The van der Waals surface area contributed by atoms with Crippen LogP contribution in [0.1, 0.15) is 28.3 Å². The first-order valence-corrected chi connectivity index (χ1v) is 14.0. The van der Waals surface area contributed by atoms with E-state index in [9.17, 15) is 8.42 Å². The van der Waals surface area contributed by atoms with Crippen LogP contribution < -0.4 is 14.5 Å². The lowest BCUT2D eigenvalue weighted by Gasteiger charge is -2.40. The summed E-state index contributed by atoms with van der Waals surface area (Å²) in [5, 5.41) is 0. The molecule has 1 aliphatic heterocycles. The summed E-state index contributed by atoms with van der Waals surface area (Å²) in [4.78, 5) is 7.26. The van der Waals surface area contributed by atoms with Crippen molar-refractivity contribution in [1.29, 1.82) is 0 Å². The number of hydrogen-bond donors (Lipinski definition) is 1. The topological polar surface area (TPSA) is 55.9 Å². The van der Waals surface area contributed by atoms with Gasteiger partial charge in [0.2, 0.25) is 10.0 Å². The van der Waals surface area contributed by atoms with E-state index in [-0.39, 0.29) is 6.04 Å². The Kier molecular flexibility index (Phi) is 8.03. The summed E-state index contributed by atoms with van der Waals surface area (Å²) in [6, 6.07) is 22.7. The fraction of sp³-hybridized carbons (Fsp3) is 0.379. The molecule has 36 heavy (non-hydrogen) atoms. The van der Waals surface area contributed by atoms with E-state index in [0.29, 0.717) is 11.4 Å². The summed E-state index contributed by atoms with van der Waals surface area (Å²) < 4.78 is 29.8. The zero-order valence-corrected chi connectivity index (χ0v) is 22.8. The van der Waals surface area contributed by atoms with Crippen LogP contribution in [-0.4, -0.2) is 60.1 Å². The predicted molar refractivity (Wildman–Crippen MR) is 150 cm³/mol. The van der Waals surface area contributed by atoms with E-state index in [1.807, 2.05) is 53.1 Å². The van der Waals surface area contributed by atoms with E-state index in [0.717, 1.165) is 54.1 Å². The minimum absolute atomic E-state index is 0.0556. The maximum atomic E-state index is 13.4. The summed E-state index contributed by atoms with van der Waals surface area (Å²) in [6.07, 6.45) is 0. The number of rotatable bonds is 8. The summed E-state index contributed by atoms with van der Waals surface area (Å²) in [5.41, 5.74) is 6.10. The average molecular weight is 507 g/mol. The van der Waals surface area contributed by atoms with Gasteiger partial charge in [-0.25, -0.2) is 13.1 Å². The van der Waals surface area contributed by atoms with Gasteiger partial charge in [0, 0.05) is 64.2 Å². The summed E-state index contributed by atoms with van der Waals surface area (Å²) >= 11 is 0. The van der Waals surface area contributed by atoms with E-state index in [4.69, 9.17) is 0 Å². The molecule has 0 amide bonds. The Hall–Kier alpha value is -2.87.